The number of methoxy groups -OCH3 is 1. The lowest BCUT2D eigenvalue weighted by Crippen LogP contribution is -2.24. The Labute approximate surface area is 120 Å². The third kappa shape index (κ3) is 4.45. The summed E-state index contributed by atoms with van der Waals surface area (Å²) < 4.78 is 30.3. The summed E-state index contributed by atoms with van der Waals surface area (Å²) in [7, 11) is 1.03. The van der Waals surface area contributed by atoms with Gasteiger partial charge < -0.3 is 15.2 Å². The SMILES string of the molecule is COCC(O)CCNc1ccccc1S(=O)(=O)N(C)C. The molecule has 0 aliphatic heterocycles. The summed E-state index contributed by atoms with van der Waals surface area (Å²) in [5.74, 6) is 0. The Balaban J connectivity index is 2.77. The van der Waals surface area contributed by atoms with Crippen molar-refractivity contribution in [2.75, 3.05) is 39.7 Å². The highest BCUT2D eigenvalue weighted by Crippen LogP contribution is 2.23. The fraction of sp³-hybridized carbons (Fsp3) is 0.538. The van der Waals surface area contributed by atoms with Gasteiger partial charge in [0.25, 0.3) is 0 Å². The number of hydrogen-bond donors (Lipinski definition) is 2. The molecule has 0 aromatic heterocycles. The quantitative estimate of drug-likeness (QED) is 0.741. The number of hydrogen-bond acceptors (Lipinski definition) is 5. The highest BCUT2D eigenvalue weighted by atomic mass is 32.2. The van der Waals surface area contributed by atoms with Gasteiger partial charge in [-0.3, -0.25) is 0 Å². The van der Waals surface area contributed by atoms with Gasteiger partial charge in [-0.2, -0.15) is 0 Å². The molecule has 7 heteroatoms. The smallest absolute Gasteiger partial charge is 0.244 e. The van der Waals surface area contributed by atoms with Crippen molar-refractivity contribution in [3.05, 3.63) is 24.3 Å². The minimum Gasteiger partial charge on any atom is -0.391 e. The van der Waals surface area contributed by atoms with Crippen molar-refractivity contribution in [1.82, 2.24) is 4.31 Å². The van der Waals surface area contributed by atoms with Crippen LogP contribution in [-0.2, 0) is 14.8 Å². The number of para-hydroxylation sites is 1. The van der Waals surface area contributed by atoms with Crippen LogP contribution in [0.15, 0.2) is 29.2 Å². The van der Waals surface area contributed by atoms with E-state index < -0.39 is 16.1 Å². The maximum atomic E-state index is 12.2. The van der Waals surface area contributed by atoms with Crippen molar-refractivity contribution < 1.29 is 18.3 Å². The van der Waals surface area contributed by atoms with E-state index in [1.54, 1.807) is 24.3 Å². The molecule has 6 nitrogen and oxygen atoms in total. The molecule has 114 valence electrons. The highest BCUT2D eigenvalue weighted by molar-refractivity contribution is 7.89. The molecule has 1 unspecified atom stereocenters. The van der Waals surface area contributed by atoms with E-state index in [1.165, 1.54) is 25.5 Å². The number of aliphatic hydroxyl groups is 1. The molecule has 1 aromatic carbocycles. The number of ether oxygens (including phenoxy) is 1. The number of sulfonamides is 1. The Morgan fingerprint density at radius 3 is 2.60 bits per heavy atom. The predicted octanol–water partition coefficient (Wildman–Crippen LogP) is 0.746. The molecule has 0 bridgehead atoms. The lowest BCUT2D eigenvalue weighted by Gasteiger charge is -2.17. The summed E-state index contributed by atoms with van der Waals surface area (Å²) >= 11 is 0. The van der Waals surface area contributed by atoms with Crippen LogP contribution in [0.25, 0.3) is 0 Å². The summed E-state index contributed by atoms with van der Waals surface area (Å²) in [5, 5.41) is 12.6. The summed E-state index contributed by atoms with van der Waals surface area (Å²) in [6.45, 7) is 0.726. The number of nitrogens with one attached hydrogen (secondary N) is 1. The van der Waals surface area contributed by atoms with Gasteiger partial charge in [0.15, 0.2) is 0 Å². The molecule has 0 amide bonds. The van der Waals surface area contributed by atoms with Gasteiger partial charge in [-0.1, -0.05) is 12.1 Å². The summed E-state index contributed by atoms with van der Waals surface area (Å²) in [4.78, 5) is 0.228. The molecule has 20 heavy (non-hydrogen) atoms. The fourth-order valence-corrected chi connectivity index (χ4v) is 2.75. The lowest BCUT2D eigenvalue weighted by molar-refractivity contribution is 0.0615. The molecular weight excluding hydrogens is 280 g/mol. The van der Waals surface area contributed by atoms with E-state index in [0.717, 1.165) is 0 Å². The zero-order valence-electron chi connectivity index (χ0n) is 12.0. The van der Waals surface area contributed by atoms with Crippen molar-refractivity contribution in [3.63, 3.8) is 0 Å². The Hall–Kier alpha value is -1.15. The predicted molar refractivity (Wildman–Crippen MR) is 78.3 cm³/mol. The van der Waals surface area contributed by atoms with Gasteiger partial charge in [-0.25, -0.2) is 12.7 Å². The second-order valence-corrected chi connectivity index (χ2v) is 6.73. The van der Waals surface area contributed by atoms with Crippen LogP contribution in [-0.4, -0.2) is 58.3 Å². The number of nitrogens with zero attached hydrogens (tertiary/aromatic N) is 1. The molecule has 0 saturated heterocycles. The lowest BCUT2D eigenvalue weighted by atomic mass is 10.2. The maximum absolute atomic E-state index is 12.2. The molecule has 1 atom stereocenters. The molecule has 2 N–H and O–H groups in total. The minimum atomic E-state index is -3.48. The van der Waals surface area contributed by atoms with E-state index in [0.29, 0.717) is 18.7 Å². The third-order valence-electron chi connectivity index (χ3n) is 2.80. The third-order valence-corrected chi connectivity index (χ3v) is 4.67. The number of aliphatic hydroxyl groups excluding tert-OH is 1. The first-order chi connectivity index (χ1) is 9.39. The molecule has 0 saturated carbocycles. The number of rotatable bonds is 8. The summed E-state index contributed by atoms with van der Waals surface area (Å²) in [6.07, 6.45) is -0.0883. The zero-order chi connectivity index (χ0) is 15.2. The van der Waals surface area contributed by atoms with Crippen LogP contribution in [0, 0.1) is 0 Å². The average Bonchev–Trinajstić information content (AvgIpc) is 2.39. The van der Waals surface area contributed by atoms with Gasteiger partial charge in [0, 0.05) is 27.7 Å². The van der Waals surface area contributed by atoms with Crippen molar-refractivity contribution in [3.8, 4) is 0 Å². The van der Waals surface area contributed by atoms with Crippen molar-refractivity contribution in [2.24, 2.45) is 0 Å². The van der Waals surface area contributed by atoms with Gasteiger partial charge >= 0.3 is 0 Å². The van der Waals surface area contributed by atoms with Crippen LogP contribution in [0.2, 0.25) is 0 Å². The Morgan fingerprint density at radius 2 is 2.00 bits per heavy atom. The van der Waals surface area contributed by atoms with Gasteiger partial charge in [-0.05, 0) is 18.6 Å². The van der Waals surface area contributed by atoms with Gasteiger partial charge in [0.05, 0.1) is 18.4 Å². The number of benzene rings is 1. The zero-order valence-corrected chi connectivity index (χ0v) is 12.9. The van der Waals surface area contributed by atoms with E-state index in [-0.39, 0.29) is 11.5 Å². The van der Waals surface area contributed by atoms with Crippen LogP contribution in [0.1, 0.15) is 6.42 Å². The van der Waals surface area contributed by atoms with E-state index in [2.05, 4.69) is 5.32 Å². The van der Waals surface area contributed by atoms with Crippen molar-refractivity contribution in [2.45, 2.75) is 17.4 Å². The van der Waals surface area contributed by atoms with Crippen LogP contribution in [0.5, 0.6) is 0 Å². The monoisotopic (exact) mass is 302 g/mol. The summed E-state index contributed by atoms with van der Waals surface area (Å²) in [6, 6.07) is 6.71. The Morgan fingerprint density at radius 1 is 1.35 bits per heavy atom. The van der Waals surface area contributed by atoms with Crippen molar-refractivity contribution in [1.29, 1.82) is 0 Å². The van der Waals surface area contributed by atoms with Crippen LogP contribution in [0.4, 0.5) is 5.69 Å². The number of anilines is 1. The topological polar surface area (TPSA) is 78.9 Å². The van der Waals surface area contributed by atoms with Crippen LogP contribution < -0.4 is 5.32 Å². The van der Waals surface area contributed by atoms with Gasteiger partial charge in [-0.15, -0.1) is 0 Å². The molecule has 0 spiro atoms. The van der Waals surface area contributed by atoms with E-state index in [4.69, 9.17) is 4.74 Å². The van der Waals surface area contributed by atoms with Crippen LogP contribution >= 0.6 is 0 Å². The molecule has 0 aliphatic rings. The minimum absolute atomic E-state index is 0.228. The second-order valence-electron chi connectivity index (χ2n) is 4.61. The van der Waals surface area contributed by atoms with Crippen molar-refractivity contribution >= 4 is 15.7 Å². The van der Waals surface area contributed by atoms with Crippen LogP contribution in [0.3, 0.4) is 0 Å². The Bertz CT molecular complexity index is 517. The maximum Gasteiger partial charge on any atom is 0.244 e. The molecular formula is C13H22N2O4S. The van der Waals surface area contributed by atoms with E-state index >= 15 is 0 Å². The normalized spacial score (nSPS) is 13.4. The molecule has 1 aromatic rings. The first-order valence-electron chi connectivity index (χ1n) is 6.32. The first kappa shape index (κ1) is 16.9. The molecule has 0 radical (unpaired) electrons. The summed E-state index contributed by atoms with van der Waals surface area (Å²) in [5.41, 5.74) is 0.533. The van der Waals surface area contributed by atoms with E-state index in [9.17, 15) is 13.5 Å². The molecule has 0 heterocycles. The highest BCUT2D eigenvalue weighted by Gasteiger charge is 2.20. The first-order valence-corrected chi connectivity index (χ1v) is 7.76. The second kappa shape index (κ2) is 7.58. The molecule has 0 fully saturated rings. The molecule has 1 rings (SSSR count). The van der Waals surface area contributed by atoms with Gasteiger partial charge in [0.2, 0.25) is 10.0 Å². The van der Waals surface area contributed by atoms with E-state index in [1.807, 2.05) is 0 Å². The standard InChI is InChI=1S/C13H22N2O4S/c1-15(2)20(17,18)13-7-5-4-6-12(13)14-9-8-11(16)10-19-3/h4-7,11,14,16H,8-10H2,1-3H3. The Kier molecular flexibility index (Phi) is 6.41. The largest absolute Gasteiger partial charge is 0.391 e. The van der Waals surface area contributed by atoms with Gasteiger partial charge in [0.1, 0.15) is 4.90 Å². The fourth-order valence-electron chi connectivity index (χ4n) is 1.68. The average molecular weight is 302 g/mol. The molecule has 0 aliphatic carbocycles.